The van der Waals surface area contributed by atoms with Gasteiger partial charge in [-0.05, 0) is 34.0 Å². The summed E-state index contributed by atoms with van der Waals surface area (Å²) < 4.78 is 0. The Hall–Kier alpha value is -4.71. The molecule has 0 aliphatic carbocycles. The third kappa shape index (κ3) is 4.22. The van der Waals surface area contributed by atoms with Crippen LogP contribution in [0.15, 0.2) is 102 Å². The van der Waals surface area contributed by atoms with Crippen molar-refractivity contribution in [2.45, 2.75) is 0 Å². The number of aromatic hydroxyl groups is 1. The highest BCUT2D eigenvalue weighted by Crippen LogP contribution is 2.26. The second-order valence-corrected chi connectivity index (χ2v) is 7.53. The van der Waals surface area contributed by atoms with Crippen LogP contribution in [0.25, 0.3) is 33.2 Å². The minimum Gasteiger partial charge on any atom is -0.507 e. The van der Waals surface area contributed by atoms with Crippen LogP contribution in [0.2, 0.25) is 0 Å². The molecule has 0 aliphatic heterocycles. The minimum atomic E-state index is -0.425. The molecule has 6 nitrogen and oxygen atoms in total. The van der Waals surface area contributed by atoms with Crippen molar-refractivity contribution in [3.8, 4) is 28.1 Å². The molecule has 33 heavy (non-hydrogen) atoms. The average molecular weight is 432 g/mol. The lowest BCUT2D eigenvalue weighted by Crippen LogP contribution is -2.18. The van der Waals surface area contributed by atoms with Crippen LogP contribution in [-0.2, 0) is 0 Å². The van der Waals surface area contributed by atoms with Crippen molar-refractivity contribution in [3.05, 3.63) is 108 Å². The van der Waals surface area contributed by atoms with Gasteiger partial charge in [-0.1, -0.05) is 84.9 Å². The summed E-state index contributed by atoms with van der Waals surface area (Å²) in [5, 5.41) is 23.0. The summed E-state index contributed by atoms with van der Waals surface area (Å²) >= 11 is 0. The van der Waals surface area contributed by atoms with E-state index < -0.39 is 5.91 Å². The van der Waals surface area contributed by atoms with Gasteiger partial charge in [-0.3, -0.25) is 9.89 Å². The van der Waals surface area contributed by atoms with Gasteiger partial charge in [-0.2, -0.15) is 10.2 Å². The summed E-state index contributed by atoms with van der Waals surface area (Å²) in [6.45, 7) is 0. The number of carbonyl (C=O) groups is 1. The Labute approximate surface area is 190 Å². The Kier molecular flexibility index (Phi) is 5.39. The average Bonchev–Trinajstić information content (AvgIpc) is 3.36. The lowest BCUT2D eigenvalue weighted by molar-refractivity contribution is 0.0950. The number of nitrogens with zero attached hydrogens (tertiary/aromatic N) is 2. The van der Waals surface area contributed by atoms with E-state index in [-0.39, 0.29) is 11.4 Å². The number of hydrogen-bond acceptors (Lipinski definition) is 4. The molecule has 1 amide bonds. The molecule has 160 valence electrons. The first-order valence-electron chi connectivity index (χ1n) is 10.4. The molecule has 5 aromatic rings. The molecule has 1 aromatic heterocycles. The van der Waals surface area contributed by atoms with Crippen LogP contribution in [0.4, 0.5) is 0 Å². The molecular formula is C27H20N4O2. The maximum atomic E-state index is 12.5. The van der Waals surface area contributed by atoms with E-state index in [0.29, 0.717) is 11.3 Å². The number of phenolic OH excluding ortho intramolecular Hbond substituents is 1. The lowest BCUT2D eigenvalue weighted by Gasteiger charge is -2.04. The van der Waals surface area contributed by atoms with Crippen molar-refractivity contribution < 1.29 is 9.90 Å². The standard InChI is InChI=1S/C27H20N4O2/c32-26-15-14-20-8-4-5-9-22(20)23(26)17-28-31-27(33)25-16-24(29-30-25)21-12-10-19(11-13-21)18-6-2-1-3-7-18/h1-17,32H,(H,29,30)(H,31,33)/b28-17+. The summed E-state index contributed by atoms with van der Waals surface area (Å²) in [6, 6.07) is 30.9. The molecule has 0 bridgehead atoms. The monoisotopic (exact) mass is 432 g/mol. The predicted molar refractivity (Wildman–Crippen MR) is 130 cm³/mol. The number of aromatic nitrogens is 2. The second kappa shape index (κ2) is 8.80. The van der Waals surface area contributed by atoms with E-state index in [0.717, 1.165) is 27.5 Å². The van der Waals surface area contributed by atoms with E-state index in [4.69, 9.17) is 0 Å². The fraction of sp³-hybridized carbons (Fsp3) is 0. The van der Waals surface area contributed by atoms with Gasteiger partial charge in [0.1, 0.15) is 11.4 Å². The number of fused-ring (bicyclic) bond motifs is 1. The smallest absolute Gasteiger partial charge is 0.289 e. The minimum absolute atomic E-state index is 0.0921. The van der Waals surface area contributed by atoms with Crippen molar-refractivity contribution in [2.75, 3.05) is 0 Å². The van der Waals surface area contributed by atoms with Crippen LogP contribution < -0.4 is 5.43 Å². The number of hydrazone groups is 1. The van der Waals surface area contributed by atoms with Gasteiger partial charge in [0.15, 0.2) is 0 Å². The summed E-state index contributed by atoms with van der Waals surface area (Å²) in [6.07, 6.45) is 1.44. The summed E-state index contributed by atoms with van der Waals surface area (Å²) in [5.74, 6) is -0.333. The molecule has 6 heteroatoms. The van der Waals surface area contributed by atoms with Crippen molar-refractivity contribution >= 4 is 22.9 Å². The van der Waals surface area contributed by atoms with E-state index in [1.165, 1.54) is 6.21 Å². The molecule has 1 heterocycles. The first-order valence-corrected chi connectivity index (χ1v) is 10.4. The molecule has 4 aromatic carbocycles. The van der Waals surface area contributed by atoms with E-state index in [1.807, 2.05) is 72.8 Å². The molecule has 0 saturated heterocycles. The Morgan fingerprint density at radius 3 is 2.36 bits per heavy atom. The second-order valence-electron chi connectivity index (χ2n) is 7.53. The van der Waals surface area contributed by atoms with Gasteiger partial charge in [0.2, 0.25) is 0 Å². The maximum absolute atomic E-state index is 12.5. The van der Waals surface area contributed by atoms with Crippen LogP contribution >= 0.6 is 0 Å². The maximum Gasteiger partial charge on any atom is 0.289 e. The first-order chi connectivity index (χ1) is 16.2. The summed E-state index contributed by atoms with van der Waals surface area (Å²) in [4.78, 5) is 12.5. The molecular weight excluding hydrogens is 412 g/mol. The predicted octanol–water partition coefficient (Wildman–Crippen LogP) is 5.37. The molecule has 3 N–H and O–H groups in total. The Bertz CT molecular complexity index is 1460. The van der Waals surface area contributed by atoms with Crippen LogP contribution in [0.3, 0.4) is 0 Å². The molecule has 5 rings (SSSR count). The number of H-pyrrole nitrogens is 1. The number of aromatic amines is 1. The first kappa shape index (κ1) is 20.2. The van der Waals surface area contributed by atoms with Gasteiger partial charge in [0, 0.05) is 11.1 Å². The third-order valence-corrected chi connectivity index (χ3v) is 5.42. The molecule has 0 aliphatic rings. The number of phenols is 1. The fourth-order valence-electron chi connectivity index (χ4n) is 3.69. The molecule has 0 spiro atoms. The quantitative estimate of drug-likeness (QED) is 0.258. The van der Waals surface area contributed by atoms with E-state index in [9.17, 15) is 9.90 Å². The van der Waals surface area contributed by atoms with Crippen molar-refractivity contribution in [3.63, 3.8) is 0 Å². The van der Waals surface area contributed by atoms with E-state index in [2.05, 4.69) is 32.9 Å². The molecule has 0 radical (unpaired) electrons. The number of benzene rings is 4. The van der Waals surface area contributed by atoms with Gasteiger partial charge in [0.05, 0.1) is 11.9 Å². The van der Waals surface area contributed by atoms with Crippen LogP contribution in [0.5, 0.6) is 5.75 Å². The number of amides is 1. The molecule has 0 atom stereocenters. The van der Waals surface area contributed by atoms with Crippen LogP contribution in [-0.4, -0.2) is 27.4 Å². The van der Waals surface area contributed by atoms with Gasteiger partial charge in [0.25, 0.3) is 5.91 Å². The number of carbonyl (C=O) groups excluding carboxylic acids is 1. The number of hydrogen-bond donors (Lipinski definition) is 3. The SMILES string of the molecule is O=C(N/N=C/c1c(O)ccc2ccccc12)c1cc(-c2ccc(-c3ccccc3)cc2)n[nH]1. The Balaban J connectivity index is 1.30. The van der Waals surface area contributed by atoms with Gasteiger partial charge in [-0.25, -0.2) is 5.43 Å². The Morgan fingerprint density at radius 1 is 0.848 bits per heavy atom. The van der Waals surface area contributed by atoms with E-state index in [1.54, 1.807) is 12.1 Å². The Morgan fingerprint density at radius 2 is 1.55 bits per heavy atom. The van der Waals surface area contributed by atoms with Gasteiger partial charge in [-0.15, -0.1) is 0 Å². The van der Waals surface area contributed by atoms with Crippen LogP contribution in [0.1, 0.15) is 16.1 Å². The molecule has 0 fully saturated rings. The van der Waals surface area contributed by atoms with Crippen molar-refractivity contribution in [1.29, 1.82) is 0 Å². The third-order valence-electron chi connectivity index (χ3n) is 5.42. The highest BCUT2D eigenvalue weighted by molar-refractivity contribution is 6.03. The van der Waals surface area contributed by atoms with Crippen molar-refractivity contribution in [1.82, 2.24) is 15.6 Å². The van der Waals surface area contributed by atoms with Crippen molar-refractivity contribution in [2.24, 2.45) is 5.10 Å². The summed E-state index contributed by atoms with van der Waals surface area (Å²) in [7, 11) is 0. The largest absolute Gasteiger partial charge is 0.507 e. The zero-order chi connectivity index (χ0) is 22.6. The number of rotatable bonds is 5. The highest BCUT2D eigenvalue weighted by atomic mass is 16.3. The zero-order valence-corrected chi connectivity index (χ0v) is 17.6. The molecule has 0 saturated carbocycles. The fourth-order valence-corrected chi connectivity index (χ4v) is 3.69. The molecule has 0 unspecified atom stereocenters. The zero-order valence-electron chi connectivity index (χ0n) is 17.6. The topological polar surface area (TPSA) is 90.4 Å². The van der Waals surface area contributed by atoms with Crippen LogP contribution in [0, 0.1) is 0 Å². The lowest BCUT2D eigenvalue weighted by atomic mass is 10.0. The van der Waals surface area contributed by atoms with Gasteiger partial charge >= 0.3 is 0 Å². The van der Waals surface area contributed by atoms with E-state index >= 15 is 0 Å². The number of nitrogens with one attached hydrogen (secondary N) is 2. The summed E-state index contributed by atoms with van der Waals surface area (Å²) in [5.41, 5.74) is 7.12. The normalized spacial score (nSPS) is 11.2. The highest BCUT2D eigenvalue weighted by Gasteiger charge is 2.11. The van der Waals surface area contributed by atoms with Gasteiger partial charge < -0.3 is 5.11 Å².